The highest BCUT2D eigenvalue weighted by Gasteiger charge is 2.33. The van der Waals surface area contributed by atoms with Gasteiger partial charge in [-0.15, -0.1) is 0 Å². The summed E-state index contributed by atoms with van der Waals surface area (Å²) in [6.45, 7) is 1.38. The summed E-state index contributed by atoms with van der Waals surface area (Å²) < 4.78 is 10.9. The number of nitrogens with two attached hydrogens (primary N) is 1. The largest absolute Gasteiger partial charge is 0.493 e. The number of carbonyl (C=O) groups excluding carboxylic acids is 3. The van der Waals surface area contributed by atoms with E-state index in [9.17, 15) is 14.4 Å². The Balaban J connectivity index is 1.48. The first-order valence-electron chi connectivity index (χ1n) is 10.1. The van der Waals surface area contributed by atoms with E-state index in [1.807, 2.05) is 12.1 Å². The van der Waals surface area contributed by atoms with Crippen molar-refractivity contribution in [3.05, 3.63) is 24.3 Å². The molecule has 1 heterocycles. The van der Waals surface area contributed by atoms with Crippen molar-refractivity contribution in [3.8, 4) is 11.5 Å². The molecule has 1 saturated heterocycles. The molecule has 1 aromatic rings. The van der Waals surface area contributed by atoms with Gasteiger partial charge in [-0.05, 0) is 37.8 Å². The van der Waals surface area contributed by atoms with Crippen molar-refractivity contribution in [1.29, 1.82) is 0 Å². The van der Waals surface area contributed by atoms with Crippen LogP contribution in [0.15, 0.2) is 24.3 Å². The summed E-state index contributed by atoms with van der Waals surface area (Å²) in [5.74, 6) is 0.546. The van der Waals surface area contributed by atoms with Gasteiger partial charge in [0.05, 0.1) is 7.11 Å². The second kappa shape index (κ2) is 9.62. The Morgan fingerprint density at radius 3 is 2.34 bits per heavy atom. The summed E-state index contributed by atoms with van der Waals surface area (Å²) in [4.78, 5) is 40.0. The molecule has 1 aromatic carbocycles. The lowest BCUT2D eigenvalue weighted by Crippen LogP contribution is -2.44. The molecular formula is C21H29N3O5. The second-order valence-corrected chi connectivity index (χ2v) is 7.57. The molecule has 29 heavy (non-hydrogen) atoms. The van der Waals surface area contributed by atoms with Crippen LogP contribution in [0, 0.1) is 5.92 Å². The number of nitrogens with zero attached hydrogens (tertiary/aromatic N) is 2. The number of likely N-dealkylation sites (tertiary alicyclic amines) is 1. The number of ether oxygens (including phenoxy) is 2. The summed E-state index contributed by atoms with van der Waals surface area (Å²) in [5.41, 5.74) is 5.34. The molecule has 2 N–H and O–H groups in total. The zero-order chi connectivity index (χ0) is 20.8. The average Bonchev–Trinajstić information content (AvgIpc) is 3.57. The van der Waals surface area contributed by atoms with E-state index in [1.165, 1.54) is 0 Å². The van der Waals surface area contributed by atoms with E-state index in [4.69, 9.17) is 15.2 Å². The molecule has 8 heteroatoms. The van der Waals surface area contributed by atoms with Crippen LogP contribution in [0.1, 0.15) is 32.1 Å². The van der Waals surface area contributed by atoms with Gasteiger partial charge >= 0.3 is 0 Å². The highest BCUT2D eigenvalue weighted by molar-refractivity contribution is 5.81. The first-order valence-corrected chi connectivity index (χ1v) is 10.1. The molecule has 0 aromatic heterocycles. The van der Waals surface area contributed by atoms with Crippen molar-refractivity contribution in [3.63, 3.8) is 0 Å². The molecule has 8 nitrogen and oxygen atoms in total. The summed E-state index contributed by atoms with van der Waals surface area (Å²) in [6, 6.07) is 7.38. The molecule has 3 amide bonds. The standard InChI is InChI=1S/C21H29N3O5/c1-28-17-4-2-3-5-18(17)29-14-20(26)24(16-6-7-16)13-10-19(25)23-11-8-15(9-12-23)21(22)27/h2-5,15-16H,6-14H2,1H3,(H2,22,27). The third kappa shape index (κ3) is 5.62. The van der Waals surface area contributed by atoms with E-state index in [-0.39, 0.29) is 42.7 Å². The van der Waals surface area contributed by atoms with Crippen molar-refractivity contribution in [2.24, 2.45) is 11.7 Å². The number of amides is 3. The number of hydrogen-bond acceptors (Lipinski definition) is 5. The lowest BCUT2D eigenvalue weighted by Gasteiger charge is -2.31. The molecular weight excluding hydrogens is 374 g/mol. The van der Waals surface area contributed by atoms with Crippen LogP contribution in [0.3, 0.4) is 0 Å². The van der Waals surface area contributed by atoms with E-state index < -0.39 is 0 Å². The Bertz CT molecular complexity index is 742. The minimum Gasteiger partial charge on any atom is -0.493 e. The molecule has 2 aliphatic rings. The average molecular weight is 403 g/mol. The Morgan fingerprint density at radius 2 is 1.76 bits per heavy atom. The van der Waals surface area contributed by atoms with Crippen LogP contribution in [0.25, 0.3) is 0 Å². The molecule has 0 spiro atoms. The maximum atomic E-state index is 12.7. The van der Waals surface area contributed by atoms with Gasteiger partial charge in [-0.25, -0.2) is 0 Å². The van der Waals surface area contributed by atoms with Crippen LogP contribution >= 0.6 is 0 Å². The molecule has 0 radical (unpaired) electrons. The smallest absolute Gasteiger partial charge is 0.260 e. The zero-order valence-electron chi connectivity index (χ0n) is 16.8. The van der Waals surface area contributed by atoms with Crippen LogP contribution < -0.4 is 15.2 Å². The number of benzene rings is 1. The van der Waals surface area contributed by atoms with Crippen molar-refractivity contribution in [1.82, 2.24) is 9.80 Å². The first-order chi connectivity index (χ1) is 14.0. The number of piperidine rings is 1. The normalized spacial score (nSPS) is 16.9. The second-order valence-electron chi connectivity index (χ2n) is 7.57. The Kier molecular flexibility index (Phi) is 6.95. The van der Waals surface area contributed by atoms with Crippen LogP contribution in [0.2, 0.25) is 0 Å². The Labute approximate surface area is 170 Å². The van der Waals surface area contributed by atoms with E-state index in [1.54, 1.807) is 29.0 Å². The predicted octanol–water partition coefficient (Wildman–Crippen LogP) is 1.18. The number of para-hydroxylation sites is 2. The molecule has 2 fully saturated rings. The van der Waals surface area contributed by atoms with E-state index in [0.29, 0.717) is 44.0 Å². The maximum absolute atomic E-state index is 12.7. The summed E-state index contributed by atoms with van der Waals surface area (Å²) >= 11 is 0. The molecule has 1 aliphatic carbocycles. The number of rotatable bonds is 9. The number of carbonyl (C=O) groups is 3. The van der Waals surface area contributed by atoms with E-state index in [0.717, 1.165) is 12.8 Å². The van der Waals surface area contributed by atoms with Gasteiger partial charge in [0.25, 0.3) is 5.91 Å². The fraction of sp³-hybridized carbons (Fsp3) is 0.571. The van der Waals surface area contributed by atoms with Crippen LogP contribution in [-0.4, -0.2) is 66.9 Å². The SMILES string of the molecule is COc1ccccc1OCC(=O)N(CCC(=O)N1CCC(C(N)=O)CC1)C1CC1. The van der Waals surface area contributed by atoms with Gasteiger partial charge in [0.15, 0.2) is 18.1 Å². The summed E-state index contributed by atoms with van der Waals surface area (Å²) in [6.07, 6.45) is 3.41. The quantitative estimate of drug-likeness (QED) is 0.667. The molecule has 0 unspecified atom stereocenters. The van der Waals surface area contributed by atoms with Gasteiger partial charge in [-0.1, -0.05) is 12.1 Å². The lowest BCUT2D eigenvalue weighted by atomic mass is 9.96. The number of methoxy groups -OCH3 is 1. The third-order valence-electron chi connectivity index (χ3n) is 5.54. The minimum atomic E-state index is -0.294. The van der Waals surface area contributed by atoms with Crippen LogP contribution in [0.4, 0.5) is 0 Å². The molecule has 1 saturated carbocycles. The first kappa shape index (κ1) is 21.0. The molecule has 158 valence electrons. The molecule has 0 bridgehead atoms. The summed E-state index contributed by atoms with van der Waals surface area (Å²) in [7, 11) is 1.55. The molecule has 0 atom stereocenters. The van der Waals surface area contributed by atoms with Gasteiger partial charge in [-0.3, -0.25) is 14.4 Å². The Hall–Kier alpha value is -2.77. The van der Waals surface area contributed by atoms with Crippen LogP contribution in [-0.2, 0) is 14.4 Å². The lowest BCUT2D eigenvalue weighted by molar-refractivity contribution is -0.138. The van der Waals surface area contributed by atoms with Gasteiger partial charge in [0, 0.05) is 38.0 Å². The van der Waals surface area contributed by atoms with Gasteiger partial charge in [0.2, 0.25) is 11.8 Å². The monoisotopic (exact) mass is 403 g/mol. The topological polar surface area (TPSA) is 102 Å². The van der Waals surface area contributed by atoms with Crippen molar-refractivity contribution < 1.29 is 23.9 Å². The van der Waals surface area contributed by atoms with Crippen molar-refractivity contribution in [2.75, 3.05) is 33.4 Å². The van der Waals surface area contributed by atoms with Crippen molar-refractivity contribution in [2.45, 2.75) is 38.1 Å². The van der Waals surface area contributed by atoms with Crippen molar-refractivity contribution >= 4 is 17.7 Å². The third-order valence-corrected chi connectivity index (χ3v) is 5.54. The zero-order valence-corrected chi connectivity index (χ0v) is 16.8. The van der Waals surface area contributed by atoms with Gasteiger partial charge in [-0.2, -0.15) is 0 Å². The maximum Gasteiger partial charge on any atom is 0.260 e. The molecule has 3 rings (SSSR count). The highest BCUT2D eigenvalue weighted by atomic mass is 16.5. The highest BCUT2D eigenvalue weighted by Crippen LogP contribution is 2.29. The molecule has 1 aliphatic heterocycles. The van der Waals surface area contributed by atoms with Gasteiger partial charge < -0.3 is 25.0 Å². The van der Waals surface area contributed by atoms with Crippen LogP contribution in [0.5, 0.6) is 11.5 Å². The van der Waals surface area contributed by atoms with Gasteiger partial charge in [0.1, 0.15) is 0 Å². The fourth-order valence-corrected chi connectivity index (χ4v) is 3.65. The van der Waals surface area contributed by atoms with E-state index >= 15 is 0 Å². The number of primary amides is 1. The predicted molar refractivity (Wildman–Crippen MR) is 106 cm³/mol. The fourth-order valence-electron chi connectivity index (χ4n) is 3.65. The van der Waals surface area contributed by atoms with E-state index in [2.05, 4.69) is 0 Å². The number of hydrogen-bond donors (Lipinski definition) is 1. The Morgan fingerprint density at radius 1 is 1.10 bits per heavy atom. The minimum absolute atomic E-state index is 0.0111. The summed E-state index contributed by atoms with van der Waals surface area (Å²) in [5, 5.41) is 0.